The summed E-state index contributed by atoms with van der Waals surface area (Å²) in [4.78, 5) is 18.2. The molecule has 0 fully saturated rings. The topological polar surface area (TPSA) is 74.6 Å². The Bertz CT molecular complexity index is 80.0. The first-order chi connectivity index (χ1) is 2.64. The third-order valence-corrected chi connectivity index (χ3v) is 0.183. The maximum absolute atomic E-state index is 9.10. The second-order valence-corrected chi connectivity index (χ2v) is 0.610. The van der Waals surface area contributed by atoms with Gasteiger partial charge in [0.2, 0.25) is 0 Å². The minimum Gasteiger partial charge on any atom is -0.473 e. The third-order valence-electron chi connectivity index (χ3n) is 0.183. The zero-order valence-electron chi connectivity index (χ0n) is 3.57. The average molecular weight is 237 g/mol. The fourth-order valence-electron chi connectivity index (χ4n) is 0. The van der Waals surface area contributed by atoms with E-state index < -0.39 is 11.9 Å². The van der Waals surface area contributed by atoms with E-state index in [1.165, 1.54) is 0 Å². The van der Waals surface area contributed by atoms with E-state index in [9.17, 15) is 0 Å². The molecule has 0 unspecified atom stereocenters. The van der Waals surface area contributed by atoms with Gasteiger partial charge in [0.25, 0.3) is 0 Å². The zero-order chi connectivity index (χ0) is 5.15. The Kier molecular flexibility index (Phi) is 14.2. The predicted octanol–water partition coefficient (Wildman–Crippen LogP) is -0.849. The van der Waals surface area contributed by atoms with E-state index in [1.54, 1.807) is 0 Å². The van der Waals surface area contributed by atoms with Gasteiger partial charge in [-0.1, -0.05) is 0 Å². The van der Waals surface area contributed by atoms with E-state index in [4.69, 9.17) is 19.8 Å². The Morgan fingerprint density at radius 2 is 1.12 bits per heavy atom. The van der Waals surface area contributed by atoms with Crippen molar-refractivity contribution in [2.75, 3.05) is 0 Å². The normalized spacial score (nSPS) is 5.50. The van der Waals surface area contributed by atoms with Crippen molar-refractivity contribution >= 4 is 11.9 Å². The molecule has 0 saturated carbocycles. The van der Waals surface area contributed by atoms with Gasteiger partial charge >= 0.3 is 11.9 Å². The SMILES string of the molecule is O=C(O)C(=O)O.[Mo].[V]. The van der Waals surface area contributed by atoms with Gasteiger partial charge in [-0.05, 0) is 0 Å². The fraction of sp³-hybridized carbons (Fsp3) is 0. The van der Waals surface area contributed by atoms with Gasteiger partial charge in [0.05, 0.1) is 0 Å². The fourth-order valence-corrected chi connectivity index (χ4v) is 0. The van der Waals surface area contributed by atoms with Crippen LogP contribution in [0.15, 0.2) is 0 Å². The van der Waals surface area contributed by atoms with Crippen molar-refractivity contribution in [1.29, 1.82) is 0 Å². The molecule has 4 nitrogen and oxygen atoms in total. The Morgan fingerprint density at radius 1 is 1.00 bits per heavy atom. The molecule has 0 bridgehead atoms. The molecular formula is C2H2MoO4V. The van der Waals surface area contributed by atoms with Gasteiger partial charge < -0.3 is 10.2 Å². The molecule has 2 N–H and O–H groups in total. The summed E-state index contributed by atoms with van der Waals surface area (Å²) in [5, 5.41) is 14.8. The largest absolute Gasteiger partial charge is 0.473 e. The maximum atomic E-state index is 9.10. The minimum absolute atomic E-state index is 0. The van der Waals surface area contributed by atoms with Crippen molar-refractivity contribution in [3.8, 4) is 0 Å². The summed E-state index contributed by atoms with van der Waals surface area (Å²) >= 11 is 0. The van der Waals surface area contributed by atoms with E-state index in [-0.39, 0.29) is 39.6 Å². The number of carboxylic acids is 2. The molecular weight excluding hydrogens is 235 g/mol. The van der Waals surface area contributed by atoms with Crippen LogP contribution < -0.4 is 0 Å². The van der Waals surface area contributed by atoms with Gasteiger partial charge in [-0.25, -0.2) is 9.59 Å². The molecule has 8 heavy (non-hydrogen) atoms. The van der Waals surface area contributed by atoms with Crippen molar-refractivity contribution < 1.29 is 59.4 Å². The summed E-state index contributed by atoms with van der Waals surface area (Å²) in [7, 11) is 0. The first-order valence-electron chi connectivity index (χ1n) is 1.11. The molecule has 45 valence electrons. The molecule has 0 aliphatic heterocycles. The molecule has 0 aromatic carbocycles. The molecule has 0 atom stereocenters. The molecule has 0 rings (SSSR count). The molecule has 0 aromatic rings. The molecule has 0 saturated heterocycles. The van der Waals surface area contributed by atoms with Gasteiger partial charge in [-0.2, -0.15) is 0 Å². The molecule has 1 radical (unpaired) electrons. The number of carbonyl (C=O) groups is 2. The van der Waals surface area contributed by atoms with Crippen molar-refractivity contribution in [2.45, 2.75) is 0 Å². The Balaban J connectivity index is -0.000000125. The van der Waals surface area contributed by atoms with Crippen LogP contribution >= 0.6 is 0 Å². The van der Waals surface area contributed by atoms with Gasteiger partial charge in [0, 0.05) is 39.6 Å². The Morgan fingerprint density at radius 3 is 1.12 bits per heavy atom. The van der Waals surface area contributed by atoms with E-state index in [1.807, 2.05) is 0 Å². The first kappa shape index (κ1) is 15.7. The van der Waals surface area contributed by atoms with Gasteiger partial charge in [0.1, 0.15) is 0 Å². The quantitative estimate of drug-likeness (QED) is 0.425. The summed E-state index contributed by atoms with van der Waals surface area (Å²) < 4.78 is 0. The van der Waals surface area contributed by atoms with Crippen molar-refractivity contribution in [3.63, 3.8) is 0 Å². The molecule has 0 aliphatic carbocycles. The van der Waals surface area contributed by atoms with Crippen LogP contribution in [-0.2, 0) is 49.2 Å². The summed E-state index contributed by atoms with van der Waals surface area (Å²) in [5.41, 5.74) is 0. The number of hydrogen-bond donors (Lipinski definition) is 2. The summed E-state index contributed by atoms with van der Waals surface area (Å²) in [6.07, 6.45) is 0. The summed E-state index contributed by atoms with van der Waals surface area (Å²) in [6.45, 7) is 0. The van der Waals surface area contributed by atoms with E-state index in [0.29, 0.717) is 0 Å². The van der Waals surface area contributed by atoms with Gasteiger partial charge in [-0.3, -0.25) is 0 Å². The standard InChI is InChI=1S/C2H2O4.Mo.V/c3-1(4)2(5)6;;/h(H,3,4)(H,5,6);;. The molecule has 6 heteroatoms. The second-order valence-electron chi connectivity index (χ2n) is 0.610. The van der Waals surface area contributed by atoms with Gasteiger partial charge in [-0.15, -0.1) is 0 Å². The number of carboxylic acid groups (broad SMARTS) is 2. The van der Waals surface area contributed by atoms with Gasteiger partial charge in [0.15, 0.2) is 0 Å². The van der Waals surface area contributed by atoms with Crippen LogP contribution in [-0.4, -0.2) is 22.2 Å². The van der Waals surface area contributed by atoms with E-state index >= 15 is 0 Å². The third kappa shape index (κ3) is 9.51. The molecule has 0 spiro atoms. The number of rotatable bonds is 0. The zero-order valence-corrected chi connectivity index (χ0v) is 6.97. The average Bonchev–Trinajstić information content (AvgIpc) is 1.36. The molecule has 0 heterocycles. The van der Waals surface area contributed by atoms with Crippen LogP contribution in [0.1, 0.15) is 0 Å². The predicted molar refractivity (Wildman–Crippen MR) is 15.3 cm³/mol. The second kappa shape index (κ2) is 7.21. The van der Waals surface area contributed by atoms with E-state index in [0.717, 1.165) is 0 Å². The Hall–Kier alpha value is 0.213. The van der Waals surface area contributed by atoms with Crippen LogP contribution in [0.5, 0.6) is 0 Å². The van der Waals surface area contributed by atoms with Crippen LogP contribution in [0, 0.1) is 0 Å². The van der Waals surface area contributed by atoms with Crippen molar-refractivity contribution in [2.24, 2.45) is 0 Å². The smallest absolute Gasteiger partial charge is 0.414 e. The van der Waals surface area contributed by atoms with Crippen LogP contribution in [0.25, 0.3) is 0 Å². The first-order valence-corrected chi connectivity index (χ1v) is 1.11. The van der Waals surface area contributed by atoms with Crippen LogP contribution in [0.3, 0.4) is 0 Å². The number of aliphatic carboxylic acids is 2. The minimum atomic E-state index is -1.82. The van der Waals surface area contributed by atoms with Crippen molar-refractivity contribution in [3.05, 3.63) is 0 Å². The van der Waals surface area contributed by atoms with Crippen LogP contribution in [0.2, 0.25) is 0 Å². The Labute approximate surface area is 71.4 Å². The van der Waals surface area contributed by atoms with E-state index in [2.05, 4.69) is 0 Å². The number of hydrogen-bond acceptors (Lipinski definition) is 2. The molecule has 0 aromatic heterocycles. The van der Waals surface area contributed by atoms with Crippen molar-refractivity contribution in [1.82, 2.24) is 0 Å². The van der Waals surface area contributed by atoms with Crippen LogP contribution in [0.4, 0.5) is 0 Å². The molecule has 0 amide bonds. The maximum Gasteiger partial charge on any atom is 0.414 e. The monoisotopic (exact) mass is 239 g/mol. The summed E-state index contributed by atoms with van der Waals surface area (Å²) in [5.74, 6) is -3.65. The summed E-state index contributed by atoms with van der Waals surface area (Å²) in [6, 6.07) is 0. The molecule has 0 aliphatic rings.